The van der Waals surface area contributed by atoms with Gasteiger partial charge in [0.25, 0.3) is 0 Å². The van der Waals surface area contributed by atoms with Gasteiger partial charge in [-0.15, -0.1) is 0 Å². The zero-order chi connectivity index (χ0) is 26.2. The van der Waals surface area contributed by atoms with Crippen molar-refractivity contribution < 1.29 is 33.1 Å². The van der Waals surface area contributed by atoms with Crippen LogP contribution in [0.4, 0.5) is 4.39 Å². The van der Waals surface area contributed by atoms with Crippen LogP contribution in [0.25, 0.3) is 11.3 Å². The fraction of sp³-hybridized carbons (Fsp3) is 0.414. The average Bonchev–Trinajstić information content (AvgIpc) is 3.24. The number of aliphatic carboxylic acids is 1. The number of carboxylic acid groups (broad SMARTS) is 1. The Morgan fingerprint density at radius 1 is 1.11 bits per heavy atom. The largest absolute Gasteiger partial charge is 0.481 e. The number of halogens is 1. The molecule has 0 radical (unpaired) electrons. The van der Waals surface area contributed by atoms with Gasteiger partial charge in [0.1, 0.15) is 11.9 Å². The Morgan fingerprint density at radius 3 is 2.43 bits per heavy atom. The summed E-state index contributed by atoms with van der Waals surface area (Å²) in [6.07, 6.45) is 2.62. The first-order chi connectivity index (χ1) is 17.7. The second-order valence-electron chi connectivity index (χ2n) is 10.3. The number of carbonyl (C=O) groups excluding carboxylic acids is 1. The number of hydrogen-bond acceptors (Lipinski definition) is 6. The number of aromatic nitrogens is 1. The van der Waals surface area contributed by atoms with Gasteiger partial charge in [0.2, 0.25) is 0 Å². The molecule has 7 nitrogen and oxygen atoms in total. The molecule has 3 fully saturated rings. The fourth-order valence-corrected chi connectivity index (χ4v) is 5.69. The second-order valence-corrected chi connectivity index (χ2v) is 10.3. The number of carboxylic acids is 1. The molecule has 37 heavy (non-hydrogen) atoms. The number of aryl methyl sites for hydroxylation is 1. The van der Waals surface area contributed by atoms with E-state index in [-0.39, 0.29) is 18.3 Å². The zero-order valence-corrected chi connectivity index (χ0v) is 21.0. The van der Waals surface area contributed by atoms with E-state index >= 15 is 0 Å². The minimum atomic E-state index is -0.772. The molecule has 2 bridgehead atoms. The first-order valence-electron chi connectivity index (χ1n) is 12.6. The van der Waals surface area contributed by atoms with Crippen molar-refractivity contribution in [2.45, 2.75) is 64.1 Å². The maximum Gasteiger partial charge on any atom is 0.311 e. The Kier molecular flexibility index (Phi) is 6.62. The zero-order valence-electron chi connectivity index (χ0n) is 21.0. The van der Waals surface area contributed by atoms with Gasteiger partial charge in [-0.3, -0.25) is 9.59 Å². The molecule has 3 aliphatic rings. The molecule has 1 aliphatic carbocycles. The third-order valence-corrected chi connectivity index (χ3v) is 7.93. The molecule has 2 saturated heterocycles. The summed E-state index contributed by atoms with van der Waals surface area (Å²) < 4.78 is 31.4. The molecule has 194 valence electrons. The molecular weight excluding hydrogens is 477 g/mol. The molecule has 0 spiro atoms. The highest BCUT2D eigenvalue weighted by atomic mass is 19.1. The lowest BCUT2D eigenvalue weighted by atomic mass is 9.63. The van der Waals surface area contributed by atoms with Crippen molar-refractivity contribution in [2.24, 2.45) is 5.41 Å². The SMILES string of the molecule is Cc1noc(-c2ccc(C34CCC(CC(=O)O)(CC3)CO4)cc2)c1CC(=O)O[C@H](C)c1ccccc1F. The van der Waals surface area contributed by atoms with Crippen molar-refractivity contribution in [1.82, 2.24) is 5.16 Å². The first kappa shape index (κ1) is 25.1. The molecular formula is C29H30FNO6. The van der Waals surface area contributed by atoms with Gasteiger partial charge >= 0.3 is 11.9 Å². The van der Waals surface area contributed by atoms with Crippen LogP contribution < -0.4 is 0 Å². The van der Waals surface area contributed by atoms with Crippen LogP contribution in [-0.4, -0.2) is 28.8 Å². The van der Waals surface area contributed by atoms with Gasteiger partial charge in [0, 0.05) is 22.1 Å². The Bertz CT molecular complexity index is 1290. The van der Waals surface area contributed by atoms with Gasteiger partial charge < -0.3 is 19.1 Å². The lowest BCUT2D eigenvalue weighted by Gasteiger charge is -2.53. The van der Waals surface area contributed by atoms with Crippen molar-refractivity contribution in [3.8, 4) is 11.3 Å². The van der Waals surface area contributed by atoms with E-state index in [2.05, 4.69) is 5.16 Å². The molecule has 0 unspecified atom stereocenters. The van der Waals surface area contributed by atoms with Crippen LogP contribution in [0, 0.1) is 18.2 Å². The number of benzene rings is 2. The van der Waals surface area contributed by atoms with Gasteiger partial charge in [-0.25, -0.2) is 4.39 Å². The summed E-state index contributed by atoms with van der Waals surface area (Å²) in [5.74, 6) is -1.20. The monoisotopic (exact) mass is 507 g/mol. The molecule has 3 aromatic rings. The van der Waals surface area contributed by atoms with E-state index in [9.17, 15) is 19.1 Å². The molecule has 1 atom stereocenters. The van der Waals surface area contributed by atoms with E-state index in [1.807, 2.05) is 24.3 Å². The molecule has 0 amide bonds. The molecule has 1 aromatic heterocycles. The Morgan fingerprint density at radius 2 is 1.81 bits per heavy atom. The van der Waals surface area contributed by atoms with Crippen molar-refractivity contribution in [2.75, 3.05) is 6.61 Å². The highest BCUT2D eigenvalue weighted by Gasteiger charge is 2.51. The van der Waals surface area contributed by atoms with Crippen molar-refractivity contribution >= 4 is 11.9 Å². The number of ether oxygens (including phenoxy) is 2. The summed E-state index contributed by atoms with van der Waals surface area (Å²) in [4.78, 5) is 24.0. The highest BCUT2D eigenvalue weighted by Crippen LogP contribution is 2.55. The number of carbonyl (C=O) groups is 2. The number of hydrogen-bond donors (Lipinski definition) is 1. The summed E-state index contributed by atoms with van der Waals surface area (Å²) in [6, 6.07) is 14.1. The van der Waals surface area contributed by atoms with E-state index in [1.165, 1.54) is 6.07 Å². The van der Waals surface area contributed by atoms with Crippen molar-refractivity contribution in [3.63, 3.8) is 0 Å². The van der Waals surface area contributed by atoms with E-state index < -0.39 is 29.5 Å². The second kappa shape index (κ2) is 9.74. The summed E-state index contributed by atoms with van der Waals surface area (Å²) in [5, 5.41) is 13.3. The first-order valence-corrected chi connectivity index (χ1v) is 12.6. The Hall–Kier alpha value is -3.52. The quantitative estimate of drug-likeness (QED) is 0.379. The van der Waals surface area contributed by atoms with Gasteiger partial charge in [0.05, 0.1) is 30.7 Å². The summed E-state index contributed by atoms with van der Waals surface area (Å²) >= 11 is 0. The smallest absolute Gasteiger partial charge is 0.311 e. The van der Waals surface area contributed by atoms with Gasteiger partial charge in [-0.1, -0.05) is 47.6 Å². The molecule has 1 saturated carbocycles. The average molecular weight is 508 g/mol. The third-order valence-electron chi connectivity index (χ3n) is 7.93. The van der Waals surface area contributed by atoms with Crippen LogP contribution in [0.15, 0.2) is 53.1 Å². The van der Waals surface area contributed by atoms with E-state index in [0.29, 0.717) is 29.2 Å². The van der Waals surface area contributed by atoms with Crippen LogP contribution >= 0.6 is 0 Å². The predicted octanol–water partition coefficient (Wildman–Crippen LogP) is 5.90. The lowest BCUT2D eigenvalue weighted by molar-refractivity contribution is -0.195. The topological polar surface area (TPSA) is 98.9 Å². The molecule has 2 aliphatic heterocycles. The van der Waals surface area contributed by atoms with Crippen molar-refractivity contribution in [3.05, 3.63) is 76.7 Å². The molecule has 3 heterocycles. The summed E-state index contributed by atoms with van der Waals surface area (Å²) in [6.45, 7) is 3.87. The molecule has 6 rings (SSSR count). The van der Waals surface area contributed by atoms with Gasteiger partial charge in [-0.05, 0) is 51.2 Å². The van der Waals surface area contributed by atoms with E-state index in [1.54, 1.807) is 32.0 Å². The maximum atomic E-state index is 14.1. The molecule has 2 aromatic carbocycles. The number of nitrogens with zero attached hydrogens (tertiary/aromatic N) is 1. The summed E-state index contributed by atoms with van der Waals surface area (Å²) in [5.41, 5.74) is 2.71. The van der Waals surface area contributed by atoms with Crippen LogP contribution in [0.5, 0.6) is 0 Å². The standard InChI is InChI=1S/C29H30FNO6/c1-18-23(15-26(34)36-19(2)22-5-3-4-6-24(22)30)27(37-31-18)20-7-9-21(10-8-20)29-13-11-28(12-14-29,17-35-29)16-25(32)33/h3-10,19H,11-17H2,1-2H3,(H,32,33)/t19-,28?,29?/m1/s1. The number of rotatable bonds is 8. The van der Waals surface area contributed by atoms with Crippen LogP contribution in [-0.2, 0) is 31.1 Å². The predicted molar refractivity (Wildman–Crippen MR) is 132 cm³/mol. The minimum Gasteiger partial charge on any atom is -0.481 e. The normalized spacial score (nSPS) is 23.5. The van der Waals surface area contributed by atoms with Gasteiger partial charge in [-0.2, -0.15) is 0 Å². The van der Waals surface area contributed by atoms with Crippen LogP contribution in [0.2, 0.25) is 0 Å². The summed E-state index contributed by atoms with van der Waals surface area (Å²) in [7, 11) is 0. The minimum absolute atomic E-state index is 0.0517. The third kappa shape index (κ3) is 4.90. The fourth-order valence-electron chi connectivity index (χ4n) is 5.69. The molecule has 1 N–H and O–H groups in total. The lowest BCUT2D eigenvalue weighted by Crippen LogP contribution is -2.50. The number of esters is 1. The number of fused-ring (bicyclic) bond motifs is 3. The Balaban J connectivity index is 1.29. The van der Waals surface area contributed by atoms with Crippen LogP contribution in [0.3, 0.4) is 0 Å². The highest BCUT2D eigenvalue weighted by molar-refractivity contribution is 5.77. The van der Waals surface area contributed by atoms with E-state index in [0.717, 1.165) is 36.8 Å². The van der Waals surface area contributed by atoms with Crippen molar-refractivity contribution in [1.29, 1.82) is 0 Å². The maximum absolute atomic E-state index is 14.1. The Labute approximate surface area is 214 Å². The van der Waals surface area contributed by atoms with Gasteiger partial charge in [0.15, 0.2) is 5.76 Å². The van der Waals surface area contributed by atoms with Crippen LogP contribution in [0.1, 0.15) is 67.5 Å². The van der Waals surface area contributed by atoms with E-state index in [4.69, 9.17) is 14.0 Å². The molecule has 8 heteroatoms.